The van der Waals surface area contributed by atoms with Gasteiger partial charge >= 0.3 is 5.97 Å². The van der Waals surface area contributed by atoms with Crippen molar-refractivity contribution in [3.8, 4) is 11.1 Å². The van der Waals surface area contributed by atoms with Crippen LogP contribution in [0.15, 0.2) is 54.6 Å². The third kappa shape index (κ3) is 5.22. The van der Waals surface area contributed by atoms with Gasteiger partial charge in [-0.25, -0.2) is 0 Å². The molecule has 0 aliphatic heterocycles. The number of benzene rings is 2. The molecule has 1 unspecified atom stereocenters. The summed E-state index contributed by atoms with van der Waals surface area (Å²) in [5.74, 6) is -0.323. The number of nitrogens with two attached hydrogens (primary N) is 1. The van der Waals surface area contributed by atoms with E-state index in [1.54, 1.807) is 0 Å². The van der Waals surface area contributed by atoms with Gasteiger partial charge in [0.05, 0.1) is 12.5 Å². The highest BCUT2D eigenvalue weighted by atomic mass is 16.5. The van der Waals surface area contributed by atoms with Crippen LogP contribution in [0.25, 0.3) is 11.1 Å². The third-order valence-corrected chi connectivity index (χ3v) is 3.90. The average molecular weight is 311 g/mol. The van der Waals surface area contributed by atoms with E-state index in [-0.39, 0.29) is 17.9 Å². The molecular formula is C20H25NO2. The van der Waals surface area contributed by atoms with Crippen LogP contribution in [0.2, 0.25) is 0 Å². The standard InChI is InChI=1S/C20H25NO2/c1-3-23-20(22)15(2)13-19(21)14-16-9-11-18(12-10-16)17-7-5-4-6-8-17/h4-12,15,19H,3,13-14,21H2,1-2H3/t15?,19-/m1/s1. The van der Waals surface area contributed by atoms with Gasteiger partial charge < -0.3 is 10.5 Å². The molecule has 0 radical (unpaired) electrons. The molecule has 0 aliphatic carbocycles. The molecular weight excluding hydrogens is 286 g/mol. The van der Waals surface area contributed by atoms with E-state index in [0.29, 0.717) is 13.0 Å². The van der Waals surface area contributed by atoms with Gasteiger partial charge in [0.15, 0.2) is 0 Å². The van der Waals surface area contributed by atoms with Gasteiger partial charge in [0.25, 0.3) is 0 Å². The normalized spacial score (nSPS) is 13.3. The second-order valence-corrected chi connectivity index (χ2v) is 5.92. The highest BCUT2D eigenvalue weighted by molar-refractivity contribution is 5.72. The summed E-state index contributed by atoms with van der Waals surface area (Å²) in [7, 11) is 0. The molecule has 0 saturated heterocycles. The quantitative estimate of drug-likeness (QED) is 0.791. The topological polar surface area (TPSA) is 52.3 Å². The Bertz CT molecular complexity index is 607. The number of carbonyl (C=O) groups is 1. The fourth-order valence-electron chi connectivity index (χ4n) is 2.68. The van der Waals surface area contributed by atoms with Crippen molar-refractivity contribution in [2.45, 2.75) is 32.7 Å². The van der Waals surface area contributed by atoms with E-state index < -0.39 is 0 Å². The van der Waals surface area contributed by atoms with Crippen molar-refractivity contribution in [3.05, 3.63) is 60.2 Å². The lowest BCUT2D eigenvalue weighted by Crippen LogP contribution is -2.29. The summed E-state index contributed by atoms with van der Waals surface area (Å²) in [6.45, 7) is 4.11. The molecule has 0 aliphatic rings. The van der Waals surface area contributed by atoms with Gasteiger partial charge in [0.1, 0.15) is 0 Å². The van der Waals surface area contributed by atoms with E-state index in [4.69, 9.17) is 10.5 Å². The Balaban J connectivity index is 1.92. The summed E-state index contributed by atoms with van der Waals surface area (Å²) < 4.78 is 5.02. The molecule has 3 nitrogen and oxygen atoms in total. The molecule has 23 heavy (non-hydrogen) atoms. The molecule has 2 rings (SSSR count). The minimum absolute atomic E-state index is 0.0445. The lowest BCUT2D eigenvalue weighted by Gasteiger charge is -2.16. The Labute approximate surface area is 138 Å². The van der Waals surface area contributed by atoms with Gasteiger partial charge in [-0.3, -0.25) is 4.79 Å². The first-order valence-corrected chi connectivity index (χ1v) is 8.16. The van der Waals surface area contributed by atoms with Gasteiger partial charge in [-0.2, -0.15) is 0 Å². The molecule has 2 atom stereocenters. The smallest absolute Gasteiger partial charge is 0.308 e. The molecule has 2 aromatic carbocycles. The van der Waals surface area contributed by atoms with Gasteiger partial charge in [-0.1, -0.05) is 61.5 Å². The summed E-state index contributed by atoms with van der Waals surface area (Å²) in [5.41, 5.74) is 9.77. The molecule has 2 aromatic rings. The van der Waals surface area contributed by atoms with E-state index in [1.807, 2.05) is 32.0 Å². The Morgan fingerprint density at radius 2 is 1.65 bits per heavy atom. The van der Waals surface area contributed by atoms with Crippen LogP contribution in [0.1, 0.15) is 25.8 Å². The van der Waals surface area contributed by atoms with Crippen molar-refractivity contribution in [1.29, 1.82) is 0 Å². The van der Waals surface area contributed by atoms with Crippen molar-refractivity contribution in [2.75, 3.05) is 6.61 Å². The van der Waals surface area contributed by atoms with Crippen LogP contribution in [-0.4, -0.2) is 18.6 Å². The van der Waals surface area contributed by atoms with E-state index in [1.165, 1.54) is 16.7 Å². The summed E-state index contributed by atoms with van der Waals surface area (Å²) in [6, 6.07) is 18.7. The maximum atomic E-state index is 11.7. The fraction of sp³-hybridized carbons (Fsp3) is 0.350. The van der Waals surface area contributed by atoms with E-state index in [2.05, 4.69) is 36.4 Å². The Morgan fingerprint density at radius 1 is 1.04 bits per heavy atom. The highest BCUT2D eigenvalue weighted by Gasteiger charge is 2.17. The van der Waals surface area contributed by atoms with Crippen molar-refractivity contribution in [1.82, 2.24) is 0 Å². The van der Waals surface area contributed by atoms with Crippen LogP contribution in [0.4, 0.5) is 0 Å². The Kier molecular flexibility index (Phi) is 6.36. The minimum atomic E-state index is -0.164. The van der Waals surface area contributed by atoms with Gasteiger partial charge in [-0.05, 0) is 36.5 Å². The van der Waals surface area contributed by atoms with Crippen LogP contribution in [0.3, 0.4) is 0 Å². The Morgan fingerprint density at radius 3 is 2.26 bits per heavy atom. The molecule has 122 valence electrons. The van der Waals surface area contributed by atoms with Gasteiger partial charge in [0.2, 0.25) is 0 Å². The van der Waals surface area contributed by atoms with Crippen molar-refractivity contribution in [2.24, 2.45) is 11.7 Å². The monoisotopic (exact) mass is 311 g/mol. The van der Waals surface area contributed by atoms with E-state index in [9.17, 15) is 4.79 Å². The second-order valence-electron chi connectivity index (χ2n) is 5.92. The fourth-order valence-corrected chi connectivity index (χ4v) is 2.68. The SMILES string of the molecule is CCOC(=O)C(C)C[C@@H](N)Cc1ccc(-c2ccccc2)cc1. The van der Waals surface area contributed by atoms with Crippen LogP contribution in [-0.2, 0) is 16.0 Å². The lowest BCUT2D eigenvalue weighted by molar-refractivity contribution is -0.147. The second kappa shape index (κ2) is 8.49. The van der Waals surface area contributed by atoms with Crippen molar-refractivity contribution in [3.63, 3.8) is 0 Å². The molecule has 0 heterocycles. The zero-order chi connectivity index (χ0) is 16.7. The van der Waals surface area contributed by atoms with Crippen LogP contribution < -0.4 is 5.73 Å². The largest absolute Gasteiger partial charge is 0.466 e. The number of hydrogen-bond acceptors (Lipinski definition) is 3. The first-order chi connectivity index (χ1) is 11.1. The van der Waals surface area contributed by atoms with Crippen LogP contribution in [0, 0.1) is 5.92 Å². The zero-order valence-electron chi connectivity index (χ0n) is 13.9. The molecule has 0 bridgehead atoms. The molecule has 0 saturated carbocycles. The molecule has 0 aromatic heterocycles. The summed E-state index contributed by atoms with van der Waals surface area (Å²) in [6.07, 6.45) is 1.40. The number of carbonyl (C=O) groups excluding carboxylic acids is 1. The molecule has 2 N–H and O–H groups in total. The maximum Gasteiger partial charge on any atom is 0.308 e. The number of esters is 1. The number of hydrogen-bond donors (Lipinski definition) is 1. The highest BCUT2D eigenvalue weighted by Crippen LogP contribution is 2.20. The van der Waals surface area contributed by atoms with Crippen LogP contribution in [0.5, 0.6) is 0 Å². The third-order valence-electron chi connectivity index (χ3n) is 3.90. The van der Waals surface area contributed by atoms with E-state index in [0.717, 1.165) is 6.42 Å². The molecule has 0 amide bonds. The average Bonchev–Trinajstić information content (AvgIpc) is 2.56. The van der Waals surface area contributed by atoms with Gasteiger partial charge in [0, 0.05) is 6.04 Å². The maximum absolute atomic E-state index is 11.7. The first kappa shape index (κ1) is 17.2. The van der Waals surface area contributed by atoms with Crippen molar-refractivity contribution < 1.29 is 9.53 Å². The van der Waals surface area contributed by atoms with Crippen LogP contribution >= 0.6 is 0 Å². The predicted octanol–water partition coefficient (Wildman–Crippen LogP) is 3.81. The van der Waals surface area contributed by atoms with Crippen molar-refractivity contribution >= 4 is 5.97 Å². The molecule has 0 fully saturated rings. The molecule has 3 heteroatoms. The zero-order valence-corrected chi connectivity index (χ0v) is 13.9. The first-order valence-electron chi connectivity index (χ1n) is 8.16. The molecule has 0 spiro atoms. The minimum Gasteiger partial charge on any atom is -0.466 e. The predicted molar refractivity (Wildman–Crippen MR) is 94.0 cm³/mol. The summed E-state index contributed by atoms with van der Waals surface area (Å²) >= 11 is 0. The summed E-state index contributed by atoms with van der Waals surface area (Å²) in [5, 5.41) is 0. The number of rotatable bonds is 7. The number of ether oxygens (including phenoxy) is 1. The summed E-state index contributed by atoms with van der Waals surface area (Å²) in [4.78, 5) is 11.7. The van der Waals surface area contributed by atoms with Gasteiger partial charge in [-0.15, -0.1) is 0 Å². The van der Waals surface area contributed by atoms with E-state index >= 15 is 0 Å². The lowest BCUT2D eigenvalue weighted by atomic mass is 9.95. The Hall–Kier alpha value is -2.13.